The van der Waals surface area contributed by atoms with Crippen molar-refractivity contribution < 1.29 is 14.7 Å². The predicted octanol–water partition coefficient (Wildman–Crippen LogP) is 5.48. The number of piperidine rings is 1. The Labute approximate surface area is 233 Å². The average molecular weight is 557 g/mol. The molecule has 0 bridgehead atoms. The molecule has 1 amide bonds. The number of nitrogens with zero attached hydrogens (tertiary/aromatic N) is 4. The summed E-state index contributed by atoms with van der Waals surface area (Å²) in [6.07, 6.45) is 14.9. The molecule has 2 saturated heterocycles. The Bertz CT molecular complexity index is 1250. The summed E-state index contributed by atoms with van der Waals surface area (Å²) in [4.78, 5) is 46.4. The molecule has 1 N–H and O–H groups in total. The number of thioether (sulfide) groups is 1. The van der Waals surface area contributed by atoms with Gasteiger partial charge in [-0.2, -0.15) is 0 Å². The molecule has 2 aromatic heterocycles. The first-order valence-electron chi connectivity index (χ1n) is 13.7. The van der Waals surface area contributed by atoms with Crippen molar-refractivity contribution in [2.24, 2.45) is 0 Å². The molecule has 0 spiro atoms. The molecule has 2 fully saturated rings. The molecule has 0 atom stereocenters. The van der Waals surface area contributed by atoms with Crippen molar-refractivity contribution in [1.29, 1.82) is 0 Å². The van der Waals surface area contributed by atoms with Crippen molar-refractivity contribution >= 4 is 57.7 Å². The van der Waals surface area contributed by atoms with E-state index < -0.39 is 5.97 Å². The highest BCUT2D eigenvalue weighted by molar-refractivity contribution is 8.26. The lowest BCUT2D eigenvalue weighted by Crippen LogP contribution is -2.33. The van der Waals surface area contributed by atoms with Gasteiger partial charge >= 0.3 is 5.97 Å². The molecule has 0 unspecified atom stereocenters. The first kappa shape index (κ1) is 28.3. The van der Waals surface area contributed by atoms with Gasteiger partial charge in [0.15, 0.2) is 0 Å². The second-order valence-corrected chi connectivity index (χ2v) is 11.6. The predicted molar refractivity (Wildman–Crippen MR) is 157 cm³/mol. The molecular weight excluding hydrogens is 520 g/mol. The Morgan fingerprint density at radius 2 is 1.68 bits per heavy atom. The summed E-state index contributed by atoms with van der Waals surface area (Å²) in [5, 5.41) is 8.69. The van der Waals surface area contributed by atoms with Crippen LogP contribution >= 0.6 is 24.0 Å². The first-order chi connectivity index (χ1) is 18.5. The molecule has 204 valence electrons. The monoisotopic (exact) mass is 556 g/mol. The zero-order valence-corrected chi connectivity index (χ0v) is 23.4. The molecule has 4 heterocycles. The smallest absolute Gasteiger partial charge is 0.303 e. The van der Waals surface area contributed by atoms with Gasteiger partial charge < -0.3 is 10.0 Å². The molecule has 0 aromatic carbocycles. The maximum absolute atomic E-state index is 13.5. The van der Waals surface area contributed by atoms with E-state index in [1.165, 1.54) is 22.6 Å². The summed E-state index contributed by atoms with van der Waals surface area (Å²) >= 11 is 6.79. The number of thiocarbonyl (C=S) groups is 1. The van der Waals surface area contributed by atoms with E-state index in [0.29, 0.717) is 32.8 Å². The number of unbranched alkanes of at least 4 members (excludes halogenated alkanes) is 7. The maximum Gasteiger partial charge on any atom is 0.303 e. The van der Waals surface area contributed by atoms with Crippen molar-refractivity contribution in [1.82, 2.24) is 14.3 Å². The van der Waals surface area contributed by atoms with Crippen LogP contribution in [0.1, 0.15) is 82.6 Å². The number of carbonyl (C=O) groups is 2. The molecule has 2 aliphatic rings. The van der Waals surface area contributed by atoms with Crippen LogP contribution in [-0.2, 0) is 9.59 Å². The Morgan fingerprint density at radius 1 is 1.00 bits per heavy atom. The van der Waals surface area contributed by atoms with Crippen LogP contribution in [0.15, 0.2) is 34.1 Å². The van der Waals surface area contributed by atoms with Gasteiger partial charge in [-0.05, 0) is 50.3 Å². The van der Waals surface area contributed by atoms with Crippen molar-refractivity contribution in [3.63, 3.8) is 0 Å². The number of carbonyl (C=O) groups excluding carboxylic acids is 1. The molecular formula is C28H36N4O4S2. The van der Waals surface area contributed by atoms with E-state index in [-0.39, 0.29) is 17.9 Å². The number of fused-ring (bicyclic) bond motifs is 1. The van der Waals surface area contributed by atoms with Gasteiger partial charge in [0.25, 0.3) is 11.5 Å². The van der Waals surface area contributed by atoms with Gasteiger partial charge in [-0.1, -0.05) is 68.6 Å². The second-order valence-electron chi connectivity index (χ2n) is 9.94. The third kappa shape index (κ3) is 7.22. The van der Waals surface area contributed by atoms with Gasteiger partial charge in [-0.3, -0.25) is 23.7 Å². The lowest BCUT2D eigenvalue weighted by atomic mass is 10.1. The van der Waals surface area contributed by atoms with Gasteiger partial charge in [0.2, 0.25) is 0 Å². The first-order valence-corrected chi connectivity index (χ1v) is 14.9. The van der Waals surface area contributed by atoms with Gasteiger partial charge in [-0.15, -0.1) is 0 Å². The summed E-state index contributed by atoms with van der Waals surface area (Å²) < 4.78 is 2.07. The van der Waals surface area contributed by atoms with E-state index in [1.807, 2.05) is 12.1 Å². The minimum atomic E-state index is -0.723. The number of rotatable bonds is 13. The molecule has 8 nitrogen and oxygen atoms in total. The quantitative estimate of drug-likeness (QED) is 0.197. The summed E-state index contributed by atoms with van der Waals surface area (Å²) in [5.74, 6) is -0.214. The molecule has 0 radical (unpaired) electrons. The molecule has 10 heteroatoms. The second kappa shape index (κ2) is 13.9. The van der Waals surface area contributed by atoms with E-state index in [1.54, 1.807) is 23.2 Å². The summed E-state index contributed by atoms with van der Waals surface area (Å²) in [5.41, 5.74) is 0.867. The van der Waals surface area contributed by atoms with Crippen LogP contribution in [0.3, 0.4) is 0 Å². The highest BCUT2D eigenvalue weighted by Gasteiger charge is 2.32. The Kier molecular flexibility index (Phi) is 10.3. The number of aliphatic carboxylic acids is 1. The molecule has 0 aliphatic carbocycles. The largest absolute Gasteiger partial charge is 0.481 e. The van der Waals surface area contributed by atoms with Crippen LogP contribution in [0.4, 0.5) is 5.82 Å². The molecule has 2 aromatic rings. The van der Waals surface area contributed by atoms with Crippen molar-refractivity contribution in [2.75, 3.05) is 24.5 Å². The zero-order chi connectivity index (χ0) is 26.9. The fraction of sp³-hybridized carbons (Fsp3) is 0.536. The van der Waals surface area contributed by atoms with Crippen molar-refractivity contribution in [3.8, 4) is 0 Å². The topological polar surface area (TPSA) is 95.2 Å². The number of carboxylic acid groups (broad SMARTS) is 1. The fourth-order valence-electron chi connectivity index (χ4n) is 4.99. The van der Waals surface area contributed by atoms with E-state index in [2.05, 4.69) is 4.90 Å². The lowest BCUT2D eigenvalue weighted by molar-refractivity contribution is -0.137. The molecule has 4 rings (SSSR count). The highest BCUT2D eigenvalue weighted by Crippen LogP contribution is 2.34. The SMILES string of the molecule is O=C(O)CCCCCCCCCCN1C(=O)C(=Cc2c(N3CCCCC3)nc3ccccn3c2=O)SC1=S. The van der Waals surface area contributed by atoms with Crippen molar-refractivity contribution in [2.45, 2.75) is 77.0 Å². The zero-order valence-electron chi connectivity index (χ0n) is 21.8. The standard InChI is InChI=1S/C28H36N4O4S2/c33-24(34)15-8-5-3-1-2-4-6-12-19-32-27(36)22(38-28(32)37)20-21-25(30-16-10-7-11-17-30)29-23-14-9-13-18-31(23)26(21)35/h9,13-14,18,20H,1-8,10-12,15-17,19H2,(H,33,34). The number of carboxylic acids is 1. The third-order valence-electron chi connectivity index (χ3n) is 7.08. The van der Waals surface area contributed by atoms with E-state index in [0.717, 1.165) is 77.3 Å². The van der Waals surface area contributed by atoms with Gasteiger partial charge in [-0.25, -0.2) is 4.98 Å². The summed E-state index contributed by atoms with van der Waals surface area (Å²) in [6.45, 7) is 2.27. The van der Waals surface area contributed by atoms with E-state index in [9.17, 15) is 14.4 Å². The molecule has 38 heavy (non-hydrogen) atoms. The van der Waals surface area contributed by atoms with Crippen LogP contribution in [0.5, 0.6) is 0 Å². The highest BCUT2D eigenvalue weighted by atomic mass is 32.2. The van der Waals surface area contributed by atoms with Crippen LogP contribution in [0.2, 0.25) is 0 Å². The average Bonchev–Trinajstić information content (AvgIpc) is 3.18. The number of hydrogen-bond acceptors (Lipinski definition) is 7. The number of anilines is 1. The minimum Gasteiger partial charge on any atom is -0.481 e. The number of aromatic nitrogens is 2. The summed E-state index contributed by atoms with van der Waals surface area (Å²) in [7, 11) is 0. The van der Waals surface area contributed by atoms with Crippen molar-refractivity contribution in [3.05, 3.63) is 45.2 Å². The van der Waals surface area contributed by atoms with E-state index in [4.69, 9.17) is 22.3 Å². The Balaban J connectivity index is 1.37. The summed E-state index contributed by atoms with van der Waals surface area (Å²) in [6, 6.07) is 5.51. The lowest BCUT2D eigenvalue weighted by Gasteiger charge is -2.29. The van der Waals surface area contributed by atoms with Gasteiger partial charge in [0, 0.05) is 32.3 Å². The maximum atomic E-state index is 13.5. The van der Waals surface area contributed by atoms with Crippen LogP contribution in [0.25, 0.3) is 11.7 Å². The van der Waals surface area contributed by atoms with Gasteiger partial charge in [0.1, 0.15) is 15.8 Å². The number of amides is 1. The Hall–Kier alpha value is -2.72. The Morgan fingerprint density at radius 3 is 2.39 bits per heavy atom. The molecule has 0 saturated carbocycles. The van der Waals surface area contributed by atoms with Crippen LogP contribution in [-0.4, -0.2) is 55.2 Å². The fourth-order valence-corrected chi connectivity index (χ4v) is 6.29. The number of hydrogen-bond donors (Lipinski definition) is 1. The minimum absolute atomic E-state index is 0.138. The van der Waals surface area contributed by atoms with E-state index >= 15 is 0 Å². The van der Waals surface area contributed by atoms with Crippen LogP contribution < -0.4 is 10.5 Å². The number of pyridine rings is 1. The van der Waals surface area contributed by atoms with Gasteiger partial charge in [0.05, 0.1) is 10.5 Å². The van der Waals surface area contributed by atoms with Crippen LogP contribution in [0, 0.1) is 0 Å². The molecule has 2 aliphatic heterocycles. The normalized spacial score (nSPS) is 17.2. The third-order valence-corrected chi connectivity index (χ3v) is 8.45.